The first-order valence-corrected chi connectivity index (χ1v) is 11.2. The number of fused-ring (bicyclic) bond motifs is 3. The third-order valence-corrected chi connectivity index (χ3v) is 7.08. The van der Waals surface area contributed by atoms with Gasteiger partial charge in [0, 0.05) is 17.7 Å². The largest absolute Gasteiger partial charge is 0.353 e. The molecule has 1 saturated carbocycles. The van der Waals surface area contributed by atoms with E-state index in [-0.39, 0.29) is 21.8 Å². The van der Waals surface area contributed by atoms with E-state index in [4.69, 9.17) is 12.2 Å². The molecular formula is C25H34N2OS. The molecule has 3 aliphatic rings. The van der Waals surface area contributed by atoms with Crippen LogP contribution in [0.5, 0.6) is 0 Å². The second kappa shape index (κ2) is 6.66. The molecule has 3 nitrogen and oxygen atoms in total. The summed E-state index contributed by atoms with van der Waals surface area (Å²) in [4.78, 5) is 13.4. The molecule has 0 radical (unpaired) electrons. The molecule has 0 saturated heterocycles. The Labute approximate surface area is 180 Å². The zero-order valence-corrected chi connectivity index (χ0v) is 19.3. The van der Waals surface area contributed by atoms with Gasteiger partial charge in [-0.25, -0.2) is 0 Å². The Balaban J connectivity index is 1.74. The van der Waals surface area contributed by atoms with Crippen molar-refractivity contribution in [3.63, 3.8) is 0 Å². The highest BCUT2D eigenvalue weighted by atomic mass is 32.1. The first kappa shape index (κ1) is 20.6. The summed E-state index contributed by atoms with van der Waals surface area (Å²) in [6, 6.07) is 10.0. The van der Waals surface area contributed by atoms with Crippen molar-refractivity contribution in [2.75, 3.05) is 5.32 Å². The minimum Gasteiger partial charge on any atom is -0.353 e. The summed E-state index contributed by atoms with van der Waals surface area (Å²) in [7, 11) is 0. The van der Waals surface area contributed by atoms with Crippen LogP contribution < -0.4 is 10.6 Å². The summed E-state index contributed by atoms with van der Waals surface area (Å²) < 4.78 is 0. The van der Waals surface area contributed by atoms with E-state index < -0.39 is 0 Å². The molecule has 1 aromatic carbocycles. The van der Waals surface area contributed by atoms with Gasteiger partial charge in [0.25, 0.3) is 0 Å². The zero-order valence-electron chi connectivity index (χ0n) is 18.4. The second-order valence-electron chi connectivity index (χ2n) is 11.6. The summed E-state index contributed by atoms with van der Waals surface area (Å²) in [6.07, 6.45) is 5.80. The van der Waals surface area contributed by atoms with Gasteiger partial charge < -0.3 is 10.6 Å². The number of carbonyl (C=O) groups is 1. The molecule has 1 fully saturated rings. The molecule has 0 spiro atoms. The Kier molecular flexibility index (Phi) is 4.73. The number of allylic oxidation sites excluding steroid dienone is 1. The average Bonchev–Trinajstić information content (AvgIpc) is 2.50. The van der Waals surface area contributed by atoms with Crippen LogP contribution in [0.2, 0.25) is 0 Å². The lowest BCUT2D eigenvalue weighted by Gasteiger charge is -2.59. The van der Waals surface area contributed by atoms with Crippen molar-refractivity contribution in [1.29, 1.82) is 0 Å². The third-order valence-electron chi connectivity index (χ3n) is 6.88. The monoisotopic (exact) mass is 410 g/mol. The van der Waals surface area contributed by atoms with Crippen molar-refractivity contribution >= 4 is 28.8 Å². The average molecular weight is 411 g/mol. The molecule has 0 aromatic heterocycles. The summed E-state index contributed by atoms with van der Waals surface area (Å²) in [5.74, 6) is 0.325. The van der Waals surface area contributed by atoms with E-state index in [1.807, 2.05) is 30.3 Å². The van der Waals surface area contributed by atoms with Crippen LogP contribution in [-0.4, -0.2) is 16.4 Å². The maximum atomic E-state index is 13.4. The molecule has 2 bridgehead atoms. The van der Waals surface area contributed by atoms with Crippen molar-refractivity contribution in [2.24, 2.45) is 16.2 Å². The number of thiocarbonyl (C=S) groups is 1. The van der Waals surface area contributed by atoms with Crippen molar-refractivity contribution in [3.8, 4) is 0 Å². The number of nitrogens with one attached hydrogen (secondary N) is 2. The summed E-state index contributed by atoms with van der Waals surface area (Å²) in [5, 5.41) is 7.65. The normalized spacial score (nSPS) is 32.4. The maximum absolute atomic E-state index is 13.4. The van der Waals surface area contributed by atoms with E-state index in [2.05, 4.69) is 45.3 Å². The fourth-order valence-corrected chi connectivity index (χ4v) is 7.28. The quantitative estimate of drug-likeness (QED) is 0.585. The highest BCUT2D eigenvalue weighted by Crippen LogP contribution is 2.61. The van der Waals surface area contributed by atoms with Crippen molar-refractivity contribution in [3.05, 3.63) is 41.5 Å². The standard InChI is InChI=1S/C25H34N2OS/c1-22(2)11-17-12-24(5)14-23(3,4)15-25(16-24,20(17)19(28)13-22)27-21(29)26-18-9-7-6-8-10-18/h6-10H,11-16H2,1-5H3,(H2,26,27,29). The molecule has 3 aliphatic carbocycles. The molecule has 29 heavy (non-hydrogen) atoms. The number of ketones is 1. The smallest absolute Gasteiger partial charge is 0.171 e. The Bertz CT molecular complexity index is 885. The molecule has 2 unspecified atom stereocenters. The van der Waals surface area contributed by atoms with Crippen LogP contribution in [0.25, 0.3) is 0 Å². The minimum absolute atomic E-state index is 0.0530. The lowest BCUT2D eigenvalue weighted by molar-refractivity contribution is -0.120. The van der Waals surface area contributed by atoms with Crippen molar-refractivity contribution < 1.29 is 4.79 Å². The van der Waals surface area contributed by atoms with E-state index in [0.717, 1.165) is 36.9 Å². The van der Waals surface area contributed by atoms with Gasteiger partial charge in [-0.05, 0) is 72.7 Å². The highest BCUT2D eigenvalue weighted by Gasteiger charge is 2.58. The van der Waals surface area contributed by atoms with Crippen molar-refractivity contribution in [2.45, 2.75) is 78.7 Å². The van der Waals surface area contributed by atoms with Gasteiger partial charge in [-0.2, -0.15) is 0 Å². The Morgan fingerprint density at radius 2 is 1.59 bits per heavy atom. The van der Waals surface area contributed by atoms with Crippen LogP contribution in [0.4, 0.5) is 5.69 Å². The summed E-state index contributed by atoms with van der Waals surface area (Å²) >= 11 is 5.75. The van der Waals surface area contributed by atoms with Gasteiger partial charge in [-0.15, -0.1) is 0 Å². The van der Waals surface area contributed by atoms with Crippen LogP contribution in [0.3, 0.4) is 0 Å². The van der Waals surface area contributed by atoms with E-state index in [9.17, 15) is 4.79 Å². The summed E-state index contributed by atoms with van der Waals surface area (Å²) in [5.41, 5.74) is 3.45. The zero-order chi connectivity index (χ0) is 21.1. The maximum Gasteiger partial charge on any atom is 0.171 e. The molecule has 4 heteroatoms. The molecule has 156 valence electrons. The SMILES string of the molecule is CC1(C)CC(=O)C2=C(C1)CC1(C)CC(C)(C)CC2(NC(=S)Nc2ccccc2)C1. The molecule has 0 aliphatic heterocycles. The lowest BCUT2D eigenvalue weighted by atomic mass is 9.48. The van der Waals surface area contributed by atoms with Gasteiger partial charge >= 0.3 is 0 Å². The number of rotatable bonds is 2. The van der Waals surface area contributed by atoms with E-state index in [0.29, 0.717) is 17.3 Å². The Morgan fingerprint density at radius 1 is 0.897 bits per heavy atom. The molecule has 2 atom stereocenters. The van der Waals surface area contributed by atoms with Gasteiger partial charge in [0.05, 0.1) is 5.54 Å². The van der Waals surface area contributed by atoms with Gasteiger partial charge in [0.1, 0.15) is 0 Å². The van der Waals surface area contributed by atoms with Gasteiger partial charge in [0.15, 0.2) is 10.9 Å². The number of hydrogen-bond donors (Lipinski definition) is 2. The van der Waals surface area contributed by atoms with Gasteiger partial charge in [0.2, 0.25) is 0 Å². The highest BCUT2D eigenvalue weighted by molar-refractivity contribution is 7.80. The fraction of sp³-hybridized carbons (Fsp3) is 0.600. The number of para-hydroxylation sites is 1. The van der Waals surface area contributed by atoms with Crippen LogP contribution in [0, 0.1) is 16.2 Å². The first-order valence-electron chi connectivity index (χ1n) is 10.8. The molecule has 2 N–H and O–H groups in total. The predicted octanol–water partition coefficient (Wildman–Crippen LogP) is 6.02. The molecule has 0 amide bonds. The van der Waals surface area contributed by atoms with Gasteiger partial charge in [-0.3, -0.25) is 4.79 Å². The number of anilines is 1. The van der Waals surface area contributed by atoms with Gasteiger partial charge in [-0.1, -0.05) is 58.4 Å². The number of Topliss-reactive ketones (excluding diaryl/α,β-unsaturated/α-hetero) is 1. The fourth-order valence-electron chi connectivity index (χ4n) is 6.96. The third kappa shape index (κ3) is 4.01. The molecule has 4 rings (SSSR count). The lowest BCUT2D eigenvalue weighted by Crippen LogP contribution is -2.63. The Hall–Kier alpha value is -1.68. The van der Waals surface area contributed by atoms with E-state index in [1.165, 1.54) is 12.0 Å². The number of carbonyl (C=O) groups excluding carboxylic acids is 1. The number of hydrogen-bond acceptors (Lipinski definition) is 2. The molecule has 1 aromatic rings. The molecular weight excluding hydrogens is 376 g/mol. The second-order valence-corrected chi connectivity index (χ2v) is 12.0. The van der Waals surface area contributed by atoms with Crippen LogP contribution >= 0.6 is 12.2 Å². The van der Waals surface area contributed by atoms with Crippen LogP contribution in [-0.2, 0) is 4.79 Å². The topological polar surface area (TPSA) is 41.1 Å². The predicted molar refractivity (Wildman–Crippen MR) is 124 cm³/mol. The first-order chi connectivity index (χ1) is 13.4. The number of benzene rings is 1. The minimum atomic E-state index is -0.365. The van der Waals surface area contributed by atoms with Crippen LogP contribution in [0.1, 0.15) is 73.1 Å². The van der Waals surface area contributed by atoms with Crippen LogP contribution in [0.15, 0.2) is 41.5 Å². The van der Waals surface area contributed by atoms with Crippen molar-refractivity contribution in [1.82, 2.24) is 5.32 Å². The van der Waals surface area contributed by atoms with E-state index >= 15 is 0 Å². The Morgan fingerprint density at radius 3 is 2.28 bits per heavy atom. The summed E-state index contributed by atoms with van der Waals surface area (Å²) in [6.45, 7) is 11.6. The molecule has 0 heterocycles. The van der Waals surface area contributed by atoms with E-state index in [1.54, 1.807) is 0 Å².